The van der Waals surface area contributed by atoms with Crippen LogP contribution in [0.25, 0.3) is 11.0 Å². The summed E-state index contributed by atoms with van der Waals surface area (Å²) in [6.45, 7) is 2.91. The van der Waals surface area contributed by atoms with Gasteiger partial charge in [0.05, 0.1) is 0 Å². The van der Waals surface area contributed by atoms with Crippen molar-refractivity contribution in [3.05, 3.63) is 23.3 Å². The molecule has 0 atom stereocenters. The van der Waals surface area contributed by atoms with Crippen LogP contribution >= 0.6 is 0 Å². The lowest BCUT2D eigenvalue weighted by Gasteiger charge is -2.09. The van der Waals surface area contributed by atoms with E-state index in [2.05, 4.69) is 34.5 Å². The van der Waals surface area contributed by atoms with Crippen molar-refractivity contribution in [2.75, 3.05) is 6.54 Å². The van der Waals surface area contributed by atoms with Crippen LogP contribution in [0, 0.1) is 0 Å². The molecule has 0 bridgehead atoms. The summed E-state index contributed by atoms with van der Waals surface area (Å²) in [5, 5.41) is 11.1. The first kappa shape index (κ1) is 14.0. The van der Waals surface area contributed by atoms with Crippen molar-refractivity contribution in [1.82, 2.24) is 15.4 Å². The van der Waals surface area contributed by atoms with Gasteiger partial charge in [0.15, 0.2) is 0 Å². The van der Waals surface area contributed by atoms with Gasteiger partial charge < -0.3 is 5.73 Å². The molecule has 1 heterocycles. The molecule has 4 heteroatoms. The fourth-order valence-electron chi connectivity index (χ4n) is 2.59. The number of aryl methyl sites for hydroxylation is 1. The normalized spacial score (nSPS) is 11.3. The van der Waals surface area contributed by atoms with E-state index in [9.17, 15) is 0 Å². The Morgan fingerprint density at radius 2 is 1.89 bits per heavy atom. The van der Waals surface area contributed by atoms with E-state index in [0.29, 0.717) is 6.54 Å². The second kappa shape index (κ2) is 7.24. The number of nitrogens with two attached hydrogens (primary N) is 1. The lowest BCUT2D eigenvalue weighted by molar-refractivity contribution is 0.631. The molecule has 0 aliphatic heterocycles. The molecule has 0 aliphatic rings. The van der Waals surface area contributed by atoms with E-state index in [0.717, 1.165) is 23.9 Å². The van der Waals surface area contributed by atoms with Crippen molar-refractivity contribution in [3.63, 3.8) is 0 Å². The van der Waals surface area contributed by atoms with Gasteiger partial charge in [-0.05, 0) is 43.0 Å². The third kappa shape index (κ3) is 3.53. The minimum Gasteiger partial charge on any atom is -0.330 e. The lowest BCUT2D eigenvalue weighted by Crippen LogP contribution is -2.06. The molecular weight excluding hydrogens is 236 g/mol. The highest BCUT2D eigenvalue weighted by molar-refractivity contribution is 5.78. The molecule has 0 spiro atoms. The molecule has 104 valence electrons. The first-order chi connectivity index (χ1) is 9.36. The molecule has 0 fully saturated rings. The predicted octanol–water partition coefficient (Wildman–Crippen LogP) is 2.97. The van der Waals surface area contributed by atoms with Crippen LogP contribution in [0.5, 0.6) is 0 Å². The maximum absolute atomic E-state index is 5.73. The van der Waals surface area contributed by atoms with E-state index in [-0.39, 0.29) is 0 Å². The smallest absolute Gasteiger partial charge is 0.116 e. The van der Waals surface area contributed by atoms with E-state index < -0.39 is 0 Å². The second-order valence-corrected chi connectivity index (χ2v) is 5.10. The van der Waals surface area contributed by atoms with Gasteiger partial charge in [0.25, 0.3) is 0 Å². The summed E-state index contributed by atoms with van der Waals surface area (Å²) in [4.78, 5) is 0. The maximum atomic E-state index is 5.73. The highest BCUT2D eigenvalue weighted by Crippen LogP contribution is 2.21. The van der Waals surface area contributed by atoms with E-state index in [4.69, 9.17) is 5.73 Å². The van der Waals surface area contributed by atoms with Crippen molar-refractivity contribution in [2.24, 2.45) is 5.73 Å². The monoisotopic (exact) mass is 260 g/mol. The fourth-order valence-corrected chi connectivity index (χ4v) is 2.59. The van der Waals surface area contributed by atoms with Gasteiger partial charge in [0.2, 0.25) is 0 Å². The summed E-state index contributed by atoms with van der Waals surface area (Å²) in [5.74, 6) is 0. The number of hydrogen-bond donors (Lipinski definition) is 2. The zero-order valence-corrected chi connectivity index (χ0v) is 11.8. The third-order valence-electron chi connectivity index (χ3n) is 3.63. The Morgan fingerprint density at radius 1 is 1.05 bits per heavy atom. The predicted molar refractivity (Wildman–Crippen MR) is 79.1 cm³/mol. The molecule has 0 saturated heterocycles. The minimum absolute atomic E-state index is 0.662. The van der Waals surface area contributed by atoms with Crippen LogP contribution in [0.3, 0.4) is 0 Å². The van der Waals surface area contributed by atoms with Crippen molar-refractivity contribution in [2.45, 2.75) is 51.9 Å². The molecule has 19 heavy (non-hydrogen) atoms. The average Bonchev–Trinajstić information content (AvgIpc) is 2.89. The van der Waals surface area contributed by atoms with Gasteiger partial charge in [-0.3, -0.25) is 0 Å². The van der Waals surface area contributed by atoms with Gasteiger partial charge >= 0.3 is 0 Å². The molecule has 0 unspecified atom stereocenters. The molecule has 0 saturated carbocycles. The molecule has 0 amide bonds. The van der Waals surface area contributed by atoms with Crippen LogP contribution < -0.4 is 5.73 Å². The number of fused-ring (bicyclic) bond motifs is 1. The van der Waals surface area contributed by atoms with Crippen LogP contribution in [0.1, 0.15) is 50.2 Å². The van der Waals surface area contributed by atoms with Gasteiger partial charge in [-0.1, -0.05) is 38.7 Å². The topological polar surface area (TPSA) is 67.6 Å². The third-order valence-corrected chi connectivity index (χ3v) is 3.63. The van der Waals surface area contributed by atoms with Crippen molar-refractivity contribution >= 4 is 11.0 Å². The summed E-state index contributed by atoms with van der Waals surface area (Å²) in [6, 6.07) is 4.25. The van der Waals surface area contributed by atoms with Crippen LogP contribution in [-0.2, 0) is 12.8 Å². The van der Waals surface area contributed by atoms with Crippen LogP contribution in [0.2, 0.25) is 0 Å². The fraction of sp³-hybridized carbons (Fsp3) is 0.600. The van der Waals surface area contributed by atoms with Gasteiger partial charge in [-0.25, -0.2) is 0 Å². The number of nitrogens with zero attached hydrogens (tertiary/aromatic N) is 2. The largest absolute Gasteiger partial charge is 0.330 e. The van der Waals surface area contributed by atoms with Gasteiger partial charge in [0, 0.05) is 0 Å². The van der Waals surface area contributed by atoms with E-state index in [1.165, 1.54) is 43.2 Å². The van der Waals surface area contributed by atoms with Crippen LogP contribution in [0.15, 0.2) is 12.1 Å². The molecule has 2 rings (SSSR count). The summed E-state index contributed by atoms with van der Waals surface area (Å²) in [7, 11) is 0. The standard InChI is InChI=1S/C15H24N4/c1-2-3-4-5-6-7-12-8-9-14-15(18-19-17-14)13(12)10-11-16/h8-9H,2-7,10-11,16H2,1H3,(H,17,18,19). The van der Waals surface area contributed by atoms with Crippen LogP contribution in [-0.4, -0.2) is 22.0 Å². The summed E-state index contributed by atoms with van der Waals surface area (Å²) in [5.41, 5.74) is 10.3. The SMILES string of the molecule is CCCCCCCc1ccc2n[nH]nc2c1CCN. The second-order valence-electron chi connectivity index (χ2n) is 5.10. The number of hydrogen-bond acceptors (Lipinski definition) is 3. The molecule has 1 aromatic carbocycles. The Bertz CT molecular complexity index is 504. The maximum Gasteiger partial charge on any atom is 0.116 e. The van der Waals surface area contributed by atoms with Crippen molar-refractivity contribution in [3.8, 4) is 0 Å². The summed E-state index contributed by atoms with van der Waals surface area (Å²) >= 11 is 0. The lowest BCUT2D eigenvalue weighted by atomic mass is 9.97. The van der Waals surface area contributed by atoms with Gasteiger partial charge in [-0.15, -0.1) is 0 Å². The first-order valence-corrected chi connectivity index (χ1v) is 7.38. The van der Waals surface area contributed by atoms with Crippen molar-refractivity contribution < 1.29 is 0 Å². The molecule has 0 aliphatic carbocycles. The zero-order valence-electron chi connectivity index (χ0n) is 11.8. The van der Waals surface area contributed by atoms with Crippen molar-refractivity contribution in [1.29, 1.82) is 0 Å². The highest BCUT2D eigenvalue weighted by Gasteiger charge is 2.10. The number of aromatic amines is 1. The molecule has 2 aromatic rings. The van der Waals surface area contributed by atoms with Crippen LogP contribution in [0.4, 0.5) is 0 Å². The molecular formula is C15H24N4. The number of benzene rings is 1. The highest BCUT2D eigenvalue weighted by atomic mass is 15.3. The molecule has 3 N–H and O–H groups in total. The Hall–Kier alpha value is -1.42. The number of nitrogens with one attached hydrogen (secondary N) is 1. The van der Waals surface area contributed by atoms with Gasteiger partial charge in [-0.2, -0.15) is 15.4 Å². The number of rotatable bonds is 8. The van der Waals surface area contributed by atoms with E-state index in [1.54, 1.807) is 0 Å². The Balaban J connectivity index is 2.06. The quantitative estimate of drug-likeness (QED) is 0.717. The molecule has 4 nitrogen and oxygen atoms in total. The van der Waals surface area contributed by atoms with E-state index in [1.807, 2.05) is 0 Å². The number of H-pyrrole nitrogens is 1. The average molecular weight is 260 g/mol. The van der Waals surface area contributed by atoms with Gasteiger partial charge in [0.1, 0.15) is 11.0 Å². The molecule has 0 radical (unpaired) electrons. The number of aromatic nitrogens is 3. The summed E-state index contributed by atoms with van der Waals surface area (Å²) in [6.07, 6.45) is 8.56. The van der Waals surface area contributed by atoms with E-state index >= 15 is 0 Å². The minimum atomic E-state index is 0.662. The molecule has 1 aromatic heterocycles. The zero-order chi connectivity index (χ0) is 13.5. The Morgan fingerprint density at radius 3 is 2.68 bits per heavy atom. The Labute approximate surface area is 114 Å². The summed E-state index contributed by atoms with van der Waals surface area (Å²) < 4.78 is 0. The number of unbranched alkanes of at least 4 members (excludes halogenated alkanes) is 4. The first-order valence-electron chi connectivity index (χ1n) is 7.38. The Kier molecular flexibility index (Phi) is 5.33.